The van der Waals surface area contributed by atoms with Gasteiger partial charge in [-0.2, -0.15) is 23.7 Å². The van der Waals surface area contributed by atoms with E-state index in [2.05, 4.69) is 0 Å². The molecule has 16 heavy (non-hydrogen) atoms. The summed E-state index contributed by atoms with van der Waals surface area (Å²) in [6.45, 7) is 1.27. The molecule has 1 rings (SSSR count). The normalized spacial score (nSPS) is 10.6. The fourth-order valence-electron chi connectivity index (χ4n) is 1.49. The van der Waals surface area contributed by atoms with E-state index in [-0.39, 0.29) is 12.0 Å². The zero-order chi connectivity index (χ0) is 12.3. The average Bonchev–Trinajstić information content (AvgIpc) is 2.19. The van der Waals surface area contributed by atoms with Crippen LogP contribution in [0.3, 0.4) is 0 Å². The van der Waals surface area contributed by atoms with Crippen molar-refractivity contribution in [1.29, 1.82) is 10.5 Å². The van der Waals surface area contributed by atoms with Crippen molar-refractivity contribution in [2.75, 3.05) is 0 Å². The monoisotopic (exact) mass is 224 g/mol. The van der Waals surface area contributed by atoms with Gasteiger partial charge in [-0.3, -0.25) is 0 Å². The van der Waals surface area contributed by atoms with Gasteiger partial charge in [0.1, 0.15) is 0 Å². The van der Waals surface area contributed by atoms with Gasteiger partial charge in [-0.25, -0.2) is 0 Å². The summed E-state index contributed by atoms with van der Waals surface area (Å²) < 4.78 is 38.0. The Morgan fingerprint density at radius 1 is 1.25 bits per heavy atom. The van der Waals surface area contributed by atoms with E-state index >= 15 is 0 Å². The van der Waals surface area contributed by atoms with Gasteiger partial charge in [0, 0.05) is 0 Å². The van der Waals surface area contributed by atoms with Crippen LogP contribution in [0.1, 0.15) is 22.3 Å². The molecular weight excluding hydrogens is 217 g/mol. The van der Waals surface area contributed by atoms with Gasteiger partial charge < -0.3 is 0 Å². The Labute approximate surface area is 90.5 Å². The number of nitriles is 2. The minimum atomic E-state index is -4.57. The van der Waals surface area contributed by atoms with Crippen molar-refractivity contribution < 1.29 is 13.2 Å². The number of halogens is 3. The highest BCUT2D eigenvalue weighted by molar-refractivity contribution is 5.48. The topological polar surface area (TPSA) is 47.6 Å². The Kier molecular flexibility index (Phi) is 3.20. The van der Waals surface area contributed by atoms with Gasteiger partial charge in [-0.05, 0) is 24.1 Å². The summed E-state index contributed by atoms with van der Waals surface area (Å²) >= 11 is 0. The first-order chi connectivity index (χ1) is 7.41. The Balaban J connectivity index is 3.50. The predicted molar refractivity (Wildman–Crippen MR) is 50.2 cm³/mol. The first-order valence-electron chi connectivity index (χ1n) is 4.38. The van der Waals surface area contributed by atoms with Crippen molar-refractivity contribution in [3.05, 3.63) is 34.4 Å². The molecule has 0 aliphatic rings. The fourth-order valence-corrected chi connectivity index (χ4v) is 1.49. The fraction of sp³-hybridized carbons (Fsp3) is 0.273. The molecule has 0 spiro atoms. The lowest BCUT2D eigenvalue weighted by Crippen LogP contribution is -2.12. The molecule has 0 unspecified atom stereocenters. The Morgan fingerprint density at radius 3 is 2.31 bits per heavy atom. The van der Waals surface area contributed by atoms with Gasteiger partial charge in [0.2, 0.25) is 0 Å². The van der Waals surface area contributed by atoms with Crippen LogP contribution in [0, 0.1) is 29.6 Å². The standard InChI is InChI=1S/C11H7F3N2/c1-7-8(4-5-15)2-3-9(6-16)10(7)11(12,13)14/h2-3H,4H2,1H3. The zero-order valence-corrected chi connectivity index (χ0v) is 8.39. The highest BCUT2D eigenvalue weighted by Gasteiger charge is 2.36. The van der Waals surface area contributed by atoms with E-state index in [1.807, 2.05) is 0 Å². The smallest absolute Gasteiger partial charge is 0.198 e. The molecule has 0 bridgehead atoms. The molecule has 0 radical (unpaired) electrons. The second-order valence-electron chi connectivity index (χ2n) is 3.22. The molecule has 0 aromatic heterocycles. The first-order valence-corrected chi connectivity index (χ1v) is 4.38. The van der Waals surface area contributed by atoms with Crippen LogP contribution in [0.15, 0.2) is 12.1 Å². The summed E-state index contributed by atoms with van der Waals surface area (Å²) in [5.74, 6) is 0. The van der Waals surface area contributed by atoms with Gasteiger partial charge in [-0.15, -0.1) is 0 Å². The summed E-state index contributed by atoms with van der Waals surface area (Å²) in [6, 6.07) is 5.78. The van der Waals surface area contributed by atoms with E-state index in [0.717, 1.165) is 6.07 Å². The SMILES string of the molecule is Cc1c(CC#N)ccc(C#N)c1C(F)(F)F. The van der Waals surface area contributed by atoms with Crippen LogP contribution in [0.25, 0.3) is 0 Å². The summed E-state index contributed by atoms with van der Waals surface area (Å²) in [7, 11) is 0. The maximum absolute atomic E-state index is 12.7. The highest BCUT2D eigenvalue weighted by Crippen LogP contribution is 2.35. The number of alkyl halides is 3. The van der Waals surface area contributed by atoms with E-state index in [1.54, 1.807) is 6.07 Å². The third-order valence-electron chi connectivity index (χ3n) is 2.25. The van der Waals surface area contributed by atoms with Crippen LogP contribution in [-0.2, 0) is 12.6 Å². The molecule has 82 valence electrons. The molecule has 1 aromatic rings. The zero-order valence-electron chi connectivity index (χ0n) is 8.39. The second-order valence-corrected chi connectivity index (χ2v) is 3.22. The van der Waals surface area contributed by atoms with Crippen LogP contribution in [0.5, 0.6) is 0 Å². The van der Waals surface area contributed by atoms with Crippen molar-refractivity contribution >= 4 is 0 Å². The first kappa shape index (κ1) is 12.1. The van der Waals surface area contributed by atoms with Gasteiger partial charge in [0.15, 0.2) is 0 Å². The van der Waals surface area contributed by atoms with Gasteiger partial charge in [0.25, 0.3) is 0 Å². The molecule has 0 aliphatic carbocycles. The van der Waals surface area contributed by atoms with Crippen molar-refractivity contribution in [3.63, 3.8) is 0 Å². The third-order valence-corrected chi connectivity index (χ3v) is 2.25. The number of rotatable bonds is 1. The molecular formula is C11H7F3N2. The van der Waals surface area contributed by atoms with E-state index in [1.165, 1.54) is 19.1 Å². The van der Waals surface area contributed by atoms with Crippen molar-refractivity contribution in [1.82, 2.24) is 0 Å². The maximum atomic E-state index is 12.7. The molecule has 0 heterocycles. The Hall–Kier alpha value is -2.01. The summed E-state index contributed by atoms with van der Waals surface area (Å²) in [5.41, 5.74) is -1.10. The van der Waals surface area contributed by atoms with Gasteiger partial charge in [0.05, 0.1) is 29.7 Å². The molecule has 0 saturated carbocycles. The maximum Gasteiger partial charge on any atom is 0.417 e. The molecule has 0 fully saturated rings. The van der Waals surface area contributed by atoms with Gasteiger partial charge >= 0.3 is 6.18 Å². The molecule has 0 saturated heterocycles. The lowest BCUT2D eigenvalue weighted by Gasteiger charge is -2.14. The highest BCUT2D eigenvalue weighted by atomic mass is 19.4. The molecule has 0 atom stereocenters. The van der Waals surface area contributed by atoms with Crippen LogP contribution >= 0.6 is 0 Å². The minimum absolute atomic E-state index is 0.0481. The lowest BCUT2D eigenvalue weighted by molar-refractivity contribution is -0.138. The van der Waals surface area contributed by atoms with Crippen molar-refractivity contribution in [2.24, 2.45) is 0 Å². The quantitative estimate of drug-likeness (QED) is 0.736. The number of hydrogen-bond donors (Lipinski definition) is 0. The lowest BCUT2D eigenvalue weighted by atomic mass is 9.95. The van der Waals surface area contributed by atoms with Gasteiger partial charge in [-0.1, -0.05) is 6.07 Å². The third kappa shape index (κ3) is 2.14. The van der Waals surface area contributed by atoms with E-state index in [0.29, 0.717) is 5.56 Å². The number of hydrogen-bond acceptors (Lipinski definition) is 2. The van der Waals surface area contributed by atoms with Crippen molar-refractivity contribution in [2.45, 2.75) is 19.5 Å². The summed E-state index contributed by atoms with van der Waals surface area (Å²) in [5, 5.41) is 17.1. The second kappa shape index (κ2) is 4.24. The molecule has 0 N–H and O–H groups in total. The number of benzene rings is 1. The molecule has 0 amide bonds. The van der Waals surface area contributed by atoms with Crippen LogP contribution in [-0.4, -0.2) is 0 Å². The van der Waals surface area contributed by atoms with E-state index in [9.17, 15) is 13.2 Å². The Morgan fingerprint density at radius 2 is 1.88 bits per heavy atom. The van der Waals surface area contributed by atoms with Crippen LogP contribution < -0.4 is 0 Å². The largest absolute Gasteiger partial charge is 0.417 e. The van der Waals surface area contributed by atoms with Crippen molar-refractivity contribution in [3.8, 4) is 12.1 Å². The number of nitrogens with zero attached hydrogens (tertiary/aromatic N) is 2. The predicted octanol–water partition coefficient (Wildman–Crippen LogP) is 2.95. The summed E-state index contributed by atoms with van der Waals surface area (Å²) in [6.07, 6.45) is -4.67. The average molecular weight is 224 g/mol. The van der Waals surface area contributed by atoms with Crippen LogP contribution in [0.2, 0.25) is 0 Å². The Bertz CT molecular complexity index is 490. The van der Waals surface area contributed by atoms with E-state index < -0.39 is 17.3 Å². The summed E-state index contributed by atoms with van der Waals surface area (Å²) in [4.78, 5) is 0. The molecule has 2 nitrogen and oxygen atoms in total. The molecule has 1 aromatic carbocycles. The van der Waals surface area contributed by atoms with Crippen LogP contribution in [0.4, 0.5) is 13.2 Å². The van der Waals surface area contributed by atoms with E-state index in [4.69, 9.17) is 10.5 Å². The molecule has 5 heteroatoms. The molecule has 0 aliphatic heterocycles. The minimum Gasteiger partial charge on any atom is -0.198 e.